The van der Waals surface area contributed by atoms with Gasteiger partial charge in [-0.1, -0.05) is 105 Å². The Bertz CT molecular complexity index is 1310. The van der Waals surface area contributed by atoms with Crippen LogP contribution in [-0.4, -0.2) is 53.4 Å². The van der Waals surface area contributed by atoms with E-state index in [9.17, 15) is 14.4 Å². The van der Waals surface area contributed by atoms with Crippen molar-refractivity contribution in [1.29, 1.82) is 0 Å². The van der Waals surface area contributed by atoms with Gasteiger partial charge in [-0.15, -0.1) is 0 Å². The molecule has 8 heteroatoms. The van der Waals surface area contributed by atoms with E-state index in [4.69, 9.17) is 9.47 Å². The molecule has 0 N–H and O–H groups in total. The first-order valence-electron chi connectivity index (χ1n) is 14.1. The van der Waals surface area contributed by atoms with Crippen LogP contribution in [0.25, 0.3) is 0 Å². The molecule has 1 unspecified atom stereocenters. The SMILES string of the molecule is CC(C)CCN(C(=O)OCc1ccccc1)C(=O)N(CCCc1ccccc1)C(=O)C1=NC(c2ccccc2)CO1. The van der Waals surface area contributed by atoms with Crippen molar-refractivity contribution in [3.8, 4) is 0 Å². The summed E-state index contributed by atoms with van der Waals surface area (Å²) in [6.45, 7) is 4.44. The van der Waals surface area contributed by atoms with Crippen molar-refractivity contribution in [2.45, 2.75) is 45.8 Å². The number of rotatable bonds is 11. The molecule has 1 aliphatic heterocycles. The lowest BCUT2D eigenvalue weighted by atomic mass is 10.1. The summed E-state index contributed by atoms with van der Waals surface area (Å²) in [7, 11) is 0. The highest BCUT2D eigenvalue weighted by Crippen LogP contribution is 2.24. The first-order chi connectivity index (χ1) is 19.9. The Morgan fingerprint density at radius 1 is 0.854 bits per heavy atom. The van der Waals surface area contributed by atoms with Crippen LogP contribution < -0.4 is 0 Å². The van der Waals surface area contributed by atoms with Crippen molar-refractivity contribution in [3.63, 3.8) is 0 Å². The lowest BCUT2D eigenvalue weighted by Gasteiger charge is -2.28. The third-order valence-electron chi connectivity index (χ3n) is 6.77. The van der Waals surface area contributed by atoms with Crippen LogP contribution in [0.1, 0.15) is 49.4 Å². The molecule has 1 aliphatic rings. The fourth-order valence-corrected chi connectivity index (χ4v) is 4.42. The van der Waals surface area contributed by atoms with Gasteiger partial charge >= 0.3 is 18.0 Å². The quantitative estimate of drug-likeness (QED) is 0.272. The Kier molecular flexibility index (Phi) is 10.7. The number of hydrogen-bond acceptors (Lipinski definition) is 6. The molecule has 0 saturated heterocycles. The summed E-state index contributed by atoms with van der Waals surface area (Å²) in [6.07, 6.45) is 0.930. The highest BCUT2D eigenvalue weighted by Gasteiger charge is 2.36. The first kappa shape index (κ1) is 29.5. The minimum absolute atomic E-state index is 0.0155. The minimum Gasteiger partial charge on any atom is -0.471 e. The maximum Gasteiger partial charge on any atom is 0.418 e. The van der Waals surface area contributed by atoms with Crippen molar-refractivity contribution in [3.05, 3.63) is 108 Å². The van der Waals surface area contributed by atoms with Crippen LogP contribution >= 0.6 is 0 Å². The van der Waals surface area contributed by atoms with Gasteiger partial charge in [-0.3, -0.25) is 9.69 Å². The third kappa shape index (κ3) is 8.51. The van der Waals surface area contributed by atoms with Gasteiger partial charge in [0.05, 0.1) is 0 Å². The maximum absolute atomic E-state index is 13.9. The summed E-state index contributed by atoms with van der Waals surface area (Å²) in [5, 5.41) is 0. The van der Waals surface area contributed by atoms with Crippen molar-refractivity contribution in [2.24, 2.45) is 10.9 Å². The summed E-state index contributed by atoms with van der Waals surface area (Å²) in [6, 6.07) is 27.6. The fraction of sp³-hybridized carbons (Fsp3) is 0.333. The van der Waals surface area contributed by atoms with Gasteiger partial charge in [0.15, 0.2) is 0 Å². The number of amides is 4. The molecule has 4 rings (SSSR count). The van der Waals surface area contributed by atoms with Crippen LogP contribution in [0.4, 0.5) is 9.59 Å². The van der Waals surface area contributed by atoms with E-state index in [1.54, 1.807) is 0 Å². The molecule has 0 spiro atoms. The summed E-state index contributed by atoms with van der Waals surface area (Å²) in [5.41, 5.74) is 2.80. The average molecular weight is 556 g/mol. The highest BCUT2D eigenvalue weighted by atomic mass is 16.6. The van der Waals surface area contributed by atoms with Gasteiger partial charge in [0.2, 0.25) is 0 Å². The molecule has 0 fully saturated rings. The molecule has 3 aromatic rings. The molecule has 4 amide bonds. The second-order valence-corrected chi connectivity index (χ2v) is 10.4. The van der Waals surface area contributed by atoms with Crippen molar-refractivity contribution in [1.82, 2.24) is 9.80 Å². The standard InChI is InChI=1S/C33H37N3O5/c1-25(2)20-22-36(33(39)41-23-27-15-8-4-9-16-27)32(38)35(21-12-17-26-13-6-3-7-14-26)31(37)30-34-29(24-40-30)28-18-10-5-11-19-28/h3-11,13-16,18-19,25,29H,12,17,20-24H2,1-2H3. The van der Waals surface area contributed by atoms with Gasteiger partial charge in [-0.2, -0.15) is 0 Å². The van der Waals surface area contributed by atoms with Gasteiger partial charge in [-0.05, 0) is 41.9 Å². The van der Waals surface area contributed by atoms with E-state index in [2.05, 4.69) is 4.99 Å². The van der Waals surface area contributed by atoms with E-state index < -0.39 is 18.0 Å². The van der Waals surface area contributed by atoms with Gasteiger partial charge in [0, 0.05) is 13.1 Å². The van der Waals surface area contributed by atoms with Crippen molar-refractivity contribution < 1.29 is 23.9 Å². The van der Waals surface area contributed by atoms with Gasteiger partial charge in [-0.25, -0.2) is 19.5 Å². The number of aryl methyl sites for hydroxylation is 1. The Morgan fingerprint density at radius 2 is 1.46 bits per heavy atom. The number of carbonyl (C=O) groups is 3. The number of benzene rings is 3. The largest absolute Gasteiger partial charge is 0.471 e. The Labute approximate surface area is 241 Å². The first-order valence-corrected chi connectivity index (χ1v) is 14.1. The smallest absolute Gasteiger partial charge is 0.418 e. The number of aliphatic imine (C=N–C) groups is 1. The second-order valence-electron chi connectivity index (χ2n) is 10.4. The monoisotopic (exact) mass is 555 g/mol. The molecule has 3 aromatic carbocycles. The maximum atomic E-state index is 13.9. The Hall–Kier alpha value is -4.46. The lowest BCUT2D eigenvalue weighted by molar-refractivity contribution is -0.123. The molecule has 0 aromatic heterocycles. The number of hydrogen-bond donors (Lipinski definition) is 0. The van der Waals surface area contributed by atoms with Crippen LogP contribution in [0.5, 0.6) is 0 Å². The Morgan fingerprint density at radius 3 is 2.10 bits per heavy atom. The van der Waals surface area contributed by atoms with Crippen LogP contribution in [0.15, 0.2) is 96.0 Å². The topological polar surface area (TPSA) is 88.5 Å². The fourth-order valence-electron chi connectivity index (χ4n) is 4.42. The molecular formula is C33H37N3O5. The second kappa shape index (κ2) is 14.8. The predicted octanol–water partition coefficient (Wildman–Crippen LogP) is 6.42. The molecule has 0 bridgehead atoms. The number of ether oxygens (including phenoxy) is 2. The molecule has 1 heterocycles. The molecule has 0 saturated carbocycles. The molecule has 8 nitrogen and oxygen atoms in total. The number of imide groups is 2. The van der Waals surface area contributed by atoms with E-state index in [1.165, 1.54) is 0 Å². The van der Waals surface area contributed by atoms with Gasteiger partial charge in [0.25, 0.3) is 5.90 Å². The highest BCUT2D eigenvalue weighted by molar-refractivity contribution is 6.38. The zero-order valence-corrected chi connectivity index (χ0v) is 23.6. The molecular weight excluding hydrogens is 518 g/mol. The average Bonchev–Trinajstić information content (AvgIpc) is 3.50. The van der Waals surface area contributed by atoms with E-state index in [0.717, 1.165) is 26.5 Å². The van der Waals surface area contributed by atoms with Crippen LogP contribution in [0, 0.1) is 5.92 Å². The molecule has 0 aliphatic carbocycles. The molecule has 41 heavy (non-hydrogen) atoms. The number of carbonyl (C=O) groups excluding carboxylic acids is 3. The van der Waals surface area contributed by atoms with Crippen molar-refractivity contribution >= 4 is 23.9 Å². The zero-order chi connectivity index (χ0) is 29.0. The van der Waals surface area contributed by atoms with E-state index in [1.807, 2.05) is 105 Å². The molecule has 0 radical (unpaired) electrons. The molecule has 214 valence electrons. The van der Waals surface area contributed by atoms with Crippen molar-refractivity contribution in [2.75, 3.05) is 19.7 Å². The normalized spacial score (nSPS) is 14.2. The third-order valence-corrected chi connectivity index (χ3v) is 6.77. The lowest BCUT2D eigenvalue weighted by Crippen LogP contribution is -2.51. The van der Waals surface area contributed by atoms with E-state index in [-0.39, 0.29) is 44.2 Å². The summed E-state index contributed by atoms with van der Waals surface area (Å²) in [4.78, 5) is 47.5. The summed E-state index contributed by atoms with van der Waals surface area (Å²) < 4.78 is 11.2. The van der Waals surface area contributed by atoms with Gasteiger partial charge in [0.1, 0.15) is 19.3 Å². The summed E-state index contributed by atoms with van der Waals surface area (Å²) >= 11 is 0. The number of urea groups is 1. The minimum atomic E-state index is -0.795. The van der Waals surface area contributed by atoms with Crippen LogP contribution in [0.2, 0.25) is 0 Å². The summed E-state index contributed by atoms with van der Waals surface area (Å²) in [5.74, 6) is -0.566. The molecule has 1 atom stereocenters. The van der Waals surface area contributed by atoms with Crippen LogP contribution in [-0.2, 0) is 27.3 Å². The Balaban J connectivity index is 1.54. The zero-order valence-electron chi connectivity index (χ0n) is 23.6. The number of nitrogens with zero attached hydrogens (tertiary/aromatic N) is 3. The predicted molar refractivity (Wildman–Crippen MR) is 157 cm³/mol. The van der Waals surface area contributed by atoms with E-state index in [0.29, 0.717) is 19.3 Å². The van der Waals surface area contributed by atoms with Gasteiger partial charge < -0.3 is 9.47 Å². The van der Waals surface area contributed by atoms with E-state index >= 15 is 0 Å². The van der Waals surface area contributed by atoms with Crippen LogP contribution in [0.3, 0.4) is 0 Å².